The number of anilines is 2. The number of aromatic nitrogens is 5. The molecule has 0 spiro atoms. The molecule has 0 radical (unpaired) electrons. The fourth-order valence-electron chi connectivity index (χ4n) is 2.81. The van der Waals surface area contributed by atoms with Crippen LogP contribution >= 0.6 is 0 Å². The quantitative estimate of drug-likeness (QED) is 0.656. The molecule has 27 heavy (non-hydrogen) atoms. The van der Waals surface area contributed by atoms with E-state index in [-0.39, 0.29) is 0 Å². The van der Waals surface area contributed by atoms with Crippen molar-refractivity contribution in [3.05, 3.63) is 59.8 Å². The smallest absolute Gasteiger partial charge is 0.175 e. The Kier molecular flexibility index (Phi) is 4.84. The number of aryl methyl sites for hydroxylation is 3. The standard InChI is InChI=1S/C21H22N6/c1-16-4-5-18(9-8-17-6-7-17)14-19(16)26(2)21-15-27(25-24-21)13-10-20-22-11-3-12-23-20/h3-5,11-12,14-15,17H,6-7,10,13H2,1-2H3. The average Bonchev–Trinajstić information content (AvgIpc) is 3.41. The maximum Gasteiger partial charge on any atom is 0.175 e. The summed E-state index contributed by atoms with van der Waals surface area (Å²) in [6.45, 7) is 2.79. The van der Waals surface area contributed by atoms with Crippen LogP contribution in [0, 0.1) is 24.7 Å². The molecule has 3 aromatic rings. The predicted octanol–water partition coefficient (Wildman–Crippen LogP) is 3.15. The Morgan fingerprint density at radius 2 is 2.04 bits per heavy atom. The average molecular weight is 358 g/mol. The molecule has 6 heteroatoms. The first-order valence-electron chi connectivity index (χ1n) is 9.21. The number of hydrogen-bond donors (Lipinski definition) is 0. The predicted molar refractivity (Wildman–Crippen MR) is 105 cm³/mol. The monoisotopic (exact) mass is 358 g/mol. The van der Waals surface area contributed by atoms with Crippen molar-refractivity contribution in [2.24, 2.45) is 5.92 Å². The maximum atomic E-state index is 4.32. The lowest BCUT2D eigenvalue weighted by Gasteiger charge is -2.18. The van der Waals surface area contributed by atoms with E-state index in [1.807, 2.05) is 24.0 Å². The molecule has 1 fully saturated rings. The molecule has 0 aliphatic heterocycles. The molecule has 0 unspecified atom stereocenters. The van der Waals surface area contributed by atoms with E-state index in [0.29, 0.717) is 12.5 Å². The van der Waals surface area contributed by atoms with Gasteiger partial charge in [-0.3, -0.25) is 0 Å². The Morgan fingerprint density at radius 3 is 2.81 bits per heavy atom. The van der Waals surface area contributed by atoms with E-state index in [4.69, 9.17) is 0 Å². The van der Waals surface area contributed by atoms with Gasteiger partial charge in [0.25, 0.3) is 0 Å². The molecule has 136 valence electrons. The number of hydrogen-bond acceptors (Lipinski definition) is 5. The molecule has 0 N–H and O–H groups in total. The van der Waals surface area contributed by atoms with Crippen LogP contribution in [-0.4, -0.2) is 32.0 Å². The first kappa shape index (κ1) is 17.2. The fraction of sp³-hybridized carbons (Fsp3) is 0.333. The second-order valence-corrected chi connectivity index (χ2v) is 6.86. The van der Waals surface area contributed by atoms with Crippen molar-refractivity contribution in [2.75, 3.05) is 11.9 Å². The molecular formula is C21H22N6. The number of benzene rings is 1. The summed E-state index contributed by atoms with van der Waals surface area (Å²) in [5.74, 6) is 8.82. The Labute approximate surface area is 159 Å². The van der Waals surface area contributed by atoms with E-state index in [1.54, 1.807) is 12.4 Å². The van der Waals surface area contributed by atoms with Crippen molar-refractivity contribution < 1.29 is 0 Å². The van der Waals surface area contributed by atoms with Gasteiger partial charge < -0.3 is 4.90 Å². The van der Waals surface area contributed by atoms with Crippen molar-refractivity contribution in [3.63, 3.8) is 0 Å². The molecule has 2 aromatic heterocycles. The largest absolute Gasteiger partial charge is 0.326 e. The molecule has 0 atom stereocenters. The molecule has 2 heterocycles. The summed E-state index contributed by atoms with van der Waals surface area (Å²) in [6.07, 6.45) is 8.66. The zero-order valence-corrected chi connectivity index (χ0v) is 15.6. The van der Waals surface area contributed by atoms with Gasteiger partial charge in [-0.25, -0.2) is 14.6 Å². The molecule has 1 aromatic carbocycles. The topological polar surface area (TPSA) is 59.7 Å². The fourth-order valence-corrected chi connectivity index (χ4v) is 2.81. The highest BCUT2D eigenvalue weighted by molar-refractivity contribution is 5.64. The summed E-state index contributed by atoms with van der Waals surface area (Å²) in [4.78, 5) is 10.5. The first-order chi connectivity index (χ1) is 13.2. The minimum absolute atomic E-state index is 0.598. The van der Waals surface area contributed by atoms with Gasteiger partial charge in [-0.05, 0) is 43.5 Å². The summed E-state index contributed by atoms with van der Waals surface area (Å²) in [7, 11) is 2.01. The van der Waals surface area contributed by atoms with Gasteiger partial charge in [0, 0.05) is 49.6 Å². The summed E-state index contributed by atoms with van der Waals surface area (Å²) in [5.41, 5.74) is 3.32. The van der Waals surface area contributed by atoms with E-state index in [9.17, 15) is 0 Å². The zero-order chi connectivity index (χ0) is 18.6. The second kappa shape index (κ2) is 7.58. The van der Waals surface area contributed by atoms with Crippen LogP contribution in [0.4, 0.5) is 11.5 Å². The Morgan fingerprint density at radius 1 is 1.22 bits per heavy atom. The Hall–Kier alpha value is -3.20. The molecule has 1 saturated carbocycles. The van der Waals surface area contributed by atoms with Crippen LogP contribution in [0.15, 0.2) is 42.9 Å². The van der Waals surface area contributed by atoms with E-state index in [0.717, 1.165) is 29.3 Å². The van der Waals surface area contributed by atoms with Gasteiger partial charge >= 0.3 is 0 Å². The van der Waals surface area contributed by atoms with Crippen LogP contribution in [0.1, 0.15) is 29.8 Å². The van der Waals surface area contributed by atoms with Gasteiger partial charge in [0.15, 0.2) is 5.82 Å². The first-order valence-corrected chi connectivity index (χ1v) is 9.21. The number of rotatable bonds is 5. The van der Waals surface area contributed by atoms with Gasteiger partial charge in [0.05, 0.1) is 6.20 Å². The zero-order valence-electron chi connectivity index (χ0n) is 15.6. The van der Waals surface area contributed by atoms with Gasteiger partial charge in [-0.2, -0.15) is 0 Å². The normalized spacial score (nSPS) is 13.1. The molecule has 0 bridgehead atoms. The van der Waals surface area contributed by atoms with E-state index in [2.05, 4.69) is 62.1 Å². The van der Waals surface area contributed by atoms with Crippen LogP contribution in [0.25, 0.3) is 0 Å². The van der Waals surface area contributed by atoms with E-state index >= 15 is 0 Å². The van der Waals surface area contributed by atoms with Crippen LogP contribution in [0.3, 0.4) is 0 Å². The minimum atomic E-state index is 0.598. The van der Waals surface area contributed by atoms with Crippen LogP contribution in [-0.2, 0) is 13.0 Å². The summed E-state index contributed by atoms with van der Waals surface area (Å²) in [6, 6.07) is 8.14. The Bertz CT molecular complexity index is 979. The summed E-state index contributed by atoms with van der Waals surface area (Å²) >= 11 is 0. The molecule has 0 saturated heterocycles. The van der Waals surface area contributed by atoms with Gasteiger partial charge in [0.1, 0.15) is 5.82 Å². The lowest BCUT2D eigenvalue weighted by Crippen LogP contribution is -2.11. The highest BCUT2D eigenvalue weighted by Gasteiger charge is 2.18. The molecule has 6 nitrogen and oxygen atoms in total. The third-order valence-electron chi connectivity index (χ3n) is 4.62. The lowest BCUT2D eigenvalue weighted by atomic mass is 10.1. The van der Waals surface area contributed by atoms with E-state index < -0.39 is 0 Å². The van der Waals surface area contributed by atoms with Crippen LogP contribution in [0.2, 0.25) is 0 Å². The highest BCUT2D eigenvalue weighted by Crippen LogP contribution is 2.29. The second-order valence-electron chi connectivity index (χ2n) is 6.86. The molecule has 4 rings (SSSR count). The SMILES string of the molecule is Cc1ccc(C#CC2CC2)cc1N(C)c1cn(CCc2ncccn2)nn1. The lowest BCUT2D eigenvalue weighted by molar-refractivity contribution is 0.577. The minimum Gasteiger partial charge on any atom is -0.326 e. The van der Waals surface area contributed by atoms with Crippen LogP contribution in [0.5, 0.6) is 0 Å². The molecule has 1 aliphatic rings. The summed E-state index contributed by atoms with van der Waals surface area (Å²) in [5, 5.41) is 8.56. The van der Waals surface area contributed by atoms with Crippen molar-refractivity contribution in [1.29, 1.82) is 0 Å². The molecule has 0 amide bonds. The Balaban J connectivity index is 1.48. The van der Waals surface area contributed by atoms with Gasteiger partial charge in [0.2, 0.25) is 0 Å². The van der Waals surface area contributed by atoms with Crippen molar-refractivity contribution in [3.8, 4) is 11.8 Å². The highest BCUT2D eigenvalue weighted by atomic mass is 15.5. The third kappa shape index (κ3) is 4.32. The maximum absolute atomic E-state index is 4.32. The van der Waals surface area contributed by atoms with Crippen molar-refractivity contribution >= 4 is 11.5 Å². The van der Waals surface area contributed by atoms with Crippen molar-refractivity contribution in [1.82, 2.24) is 25.0 Å². The summed E-state index contributed by atoms with van der Waals surface area (Å²) < 4.78 is 1.83. The number of nitrogens with zero attached hydrogens (tertiary/aromatic N) is 6. The van der Waals surface area contributed by atoms with Gasteiger partial charge in [-0.15, -0.1) is 5.10 Å². The van der Waals surface area contributed by atoms with E-state index in [1.165, 1.54) is 18.4 Å². The van der Waals surface area contributed by atoms with Gasteiger partial charge in [-0.1, -0.05) is 23.1 Å². The molecular weight excluding hydrogens is 336 g/mol. The third-order valence-corrected chi connectivity index (χ3v) is 4.62. The van der Waals surface area contributed by atoms with Crippen molar-refractivity contribution in [2.45, 2.75) is 32.7 Å². The molecule has 1 aliphatic carbocycles. The van der Waals surface area contributed by atoms with Crippen LogP contribution < -0.4 is 4.90 Å².